The van der Waals surface area contributed by atoms with Crippen LogP contribution in [0.4, 0.5) is 5.69 Å². The summed E-state index contributed by atoms with van der Waals surface area (Å²) in [4.78, 5) is 11.8. The van der Waals surface area contributed by atoms with E-state index in [2.05, 4.69) is 21.2 Å². The molecular weight excluding hydrogens is 256 g/mol. The Hall–Kier alpha value is -1.03. The smallest absolute Gasteiger partial charge is 0.251 e. The van der Waals surface area contributed by atoms with E-state index >= 15 is 0 Å². The van der Waals surface area contributed by atoms with Crippen molar-refractivity contribution in [2.24, 2.45) is 0 Å². The van der Waals surface area contributed by atoms with Gasteiger partial charge in [-0.3, -0.25) is 4.79 Å². The summed E-state index contributed by atoms with van der Waals surface area (Å²) in [5, 5.41) is 2.95. The lowest BCUT2D eigenvalue weighted by Gasteiger charge is -2.09. The number of nitrogen functional groups attached to an aromatic ring is 1. The van der Waals surface area contributed by atoms with E-state index in [9.17, 15) is 4.79 Å². The minimum absolute atomic E-state index is 0.0250. The van der Waals surface area contributed by atoms with Crippen molar-refractivity contribution >= 4 is 27.5 Å². The molecule has 0 bridgehead atoms. The largest absolute Gasteiger partial charge is 0.398 e. The Morgan fingerprint density at radius 2 is 2.20 bits per heavy atom. The molecule has 0 saturated heterocycles. The molecular formula is C11H13BrN2O. The Bertz CT molecular complexity index is 413. The number of halogens is 1. The number of hydrogen-bond donors (Lipinski definition) is 2. The third-order valence-electron chi connectivity index (χ3n) is 2.57. The number of anilines is 1. The Labute approximate surface area is 97.2 Å². The van der Waals surface area contributed by atoms with Gasteiger partial charge in [0.15, 0.2) is 0 Å². The lowest BCUT2D eigenvalue weighted by atomic mass is 10.1. The third-order valence-corrected chi connectivity index (χ3v) is 3.03. The van der Waals surface area contributed by atoms with Crippen LogP contribution in [0.1, 0.15) is 28.8 Å². The van der Waals surface area contributed by atoms with Gasteiger partial charge >= 0.3 is 0 Å². The number of hydrogen-bond acceptors (Lipinski definition) is 2. The molecule has 1 aliphatic rings. The van der Waals surface area contributed by atoms with Gasteiger partial charge in [0, 0.05) is 21.8 Å². The van der Waals surface area contributed by atoms with E-state index < -0.39 is 0 Å². The molecule has 0 aliphatic heterocycles. The van der Waals surface area contributed by atoms with E-state index in [1.165, 1.54) is 0 Å². The molecule has 0 unspecified atom stereocenters. The highest BCUT2D eigenvalue weighted by Crippen LogP contribution is 2.24. The quantitative estimate of drug-likeness (QED) is 0.809. The Balaban J connectivity index is 2.28. The van der Waals surface area contributed by atoms with Gasteiger partial charge in [-0.05, 0) is 37.5 Å². The molecule has 0 heterocycles. The summed E-state index contributed by atoms with van der Waals surface area (Å²) >= 11 is 3.34. The van der Waals surface area contributed by atoms with Crippen molar-refractivity contribution in [3.05, 3.63) is 27.7 Å². The van der Waals surface area contributed by atoms with Gasteiger partial charge in [0.1, 0.15) is 0 Å². The molecule has 2 rings (SSSR count). The number of carbonyl (C=O) groups is 1. The summed E-state index contributed by atoms with van der Waals surface area (Å²) in [6.07, 6.45) is 2.18. The minimum Gasteiger partial charge on any atom is -0.398 e. The minimum atomic E-state index is -0.0250. The van der Waals surface area contributed by atoms with Crippen molar-refractivity contribution < 1.29 is 4.79 Å². The average molecular weight is 269 g/mol. The van der Waals surface area contributed by atoms with E-state index in [1.807, 2.05) is 19.1 Å². The fourth-order valence-electron chi connectivity index (χ4n) is 1.43. The Morgan fingerprint density at radius 1 is 1.53 bits per heavy atom. The zero-order valence-electron chi connectivity index (χ0n) is 8.51. The summed E-state index contributed by atoms with van der Waals surface area (Å²) in [5.41, 5.74) is 7.94. The van der Waals surface area contributed by atoms with Crippen LogP contribution in [0.2, 0.25) is 0 Å². The predicted octanol–water partition coefficient (Wildman–Crippen LogP) is 2.23. The molecule has 4 heteroatoms. The zero-order chi connectivity index (χ0) is 11.0. The molecule has 15 heavy (non-hydrogen) atoms. The number of nitrogens with two attached hydrogens (primary N) is 1. The maximum atomic E-state index is 11.8. The van der Waals surface area contributed by atoms with Crippen LogP contribution in [0.3, 0.4) is 0 Å². The molecule has 0 spiro atoms. The van der Waals surface area contributed by atoms with E-state index in [0.717, 1.165) is 22.9 Å². The van der Waals surface area contributed by atoms with Crippen LogP contribution >= 0.6 is 15.9 Å². The van der Waals surface area contributed by atoms with Gasteiger partial charge in [-0.15, -0.1) is 0 Å². The van der Waals surface area contributed by atoms with E-state index in [0.29, 0.717) is 17.3 Å². The molecule has 1 fully saturated rings. The second-order valence-electron chi connectivity index (χ2n) is 3.92. The van der Waals surface area contributed by atoms with Gasteiger partial charge in [-0.25, -0.2) is 0 Å². The third kappa shape index (κ3) is 2.31. The first-order valence-corrected chi connectivity index (χ1v) is 5.73. The van der Waals surface area contributed by atoms with Gasteiger partial charge in [-0.2, -0.15) is 0 Å². The molecule has 1 saturated carbocycles. The lowest BCUT2D eigenvalue weighted by molar-refractivity contribution is 0.0950. The monoisotopic (exact) mass is 268 g/mol. The number of carbonyl (C=O) groups excluding carboxylic acids is 1. The molecule has 0 atom stereocenters. The van der Waals surface area contributed by atoms with Crippen LogP contribution in [0, 0.1) is 6.92 Å². The van der Waals surface area contributed by atoms with Gasteiger partial charge in [0.05, 0.1) is 0 Å². The SMILES string of the molecule is Cc1c(N)cc(Br)cc1C(=O)NC1CC1. The van der Waals surface area contributed by atoms with Gasteiger partial charge in [-0.1, -0.05) is 15.9 Å². The Kier molecular flexibility index (Phi) is 2.69. The van der Waals surface area contributed by atoms with Crippen molar-refractivity contribution in [3.8, 4) is 0 Å². The van der Waals surface area contributed by atoms with Crippen molar-refractivity contribution in [2.75, 3.05) is 5.73 Å². The van der Waals surface area contributed by atoms with E-state index in [4.69, 9.17) is 5.73 Å². The van der Waals surface area contributed by atoms with Crippen LogP contribution in [-0.4, -0.2) is 11.9 Å². The molecule has 0 aromatic heterocycles. The molecule has 1 amide bonds. The topological polar surface area (TPSA) is 55.1 Å². The normalized spacial score (nSPS) is 15.1. The number of nitrogens with one attached hydrogen (secondary N) is 1. The maximum Gasteiger partial charge on any atom is 0.251 e. The van der Waals surface area contributed by atoms with Gasteiger partial charge in [0.2, 0.25) is 0 Å². The fourth-order valence-corrected chi connectivity index (χ4v) is 1.90. The highest BCUT2D eigenvalue weighted by atomic mass is 79.9. The standard InChI is InChI=1S/C11H13BrN2O/c1-6-9(4-7(12)5-10(6)13)11(15)14-8-2-3-8/h4-5,8H,2-3,13H2,1H3,(H,14,15). The summed E-state index contributed by atoms with van der Waals surface area (Å²) in [6, 6.07) is 3.99. The maximum absolute atomic E-state index is 11.8. The van der Waals surface area contributed by atoms with Crippen LogP contribution in [-0.2, 0) is 0 Å². The van der Waals surface area contributed by atoms with Crippen LogP contribution in [0.25, 0.3) is 0 Å². The van der Waals surface area contributed by atoms with Crippen molar-refractivity contribution in [1.29, 1.82) is 0 Å². The van der Waals surface area contributed by atoms with Crippen LogP contribution in [0.5, 0.6) is 0 Å². The van der Waals surface area contributed by atoms with Crippen molar-refractivity contribution in [2.45, 2.75) is 25.8 Å². The van der Waals surface area contributed by atoms with Crippen LogP contribution in [0.15, 0.2) is 16.6 Å². The lowest BCUT2D eigenvalue weighted by Crippen LogP contribution is -2.26. The van der Waals surface area contributed by atoms with Gasteiger partial charge < -0.3 is 11.1 Å². The predicted molar refractivity (Wildman–Crippen MR) is 63.8 cm³/mol. The van der Waals surface area contributed by atoms with E-state index in [1.54, 1.807) is 0 Å². The number of amides is 1. The van der Waals surface area contributed by atoms with Crippen molar-refractivity contribution in [3.63, 3.8) is 0 Å². The first kappa shape index (κ1) is 10.5. The summed E-state index contributed by atoms with van der Waals surface area (Å²) < 4.78 is 0.839. The summed E-state index contributed by atoms with van der Waals surface area (Å²) in [6.45, 7) is 1.86. The highest BCUT2D eigenvalue weighted by molar-refractivity contribution is 9.10. The first-order chi connectivity index (χ1) is 7.08. The Morgan fingerprint density at radius 3 is 2.80 bits per heavy atom. The first-order valence-electron chi connectivity index (χ1n) is 4.94. The fraction of sp³-hybridized carbons (Fsp3) is 0.364. The second kappa shape index (κ2) is 3.85. The zero-order valence-corrected chi connectivity index (χ0v) is 10.1. The number of benzene rings is 1. The molecule has 1 aromatic rings. The van der Waals surface area contributed by atoms with Gasteiger partial charge in [0.25, 0.3) is 5.91 Å². The molecule has 80 valence electrons. The van der Waals surface area contributed by atoms with Crippen molar-refractivity contribution in [1.82, 2.24) is 5.32 Å². The highest BCUT2D eigenvalue weighted by Gasteiger charge is 2.24. The summed E-state index contributed by atoms with van der Waals surface area (Å²) in [5.74, 6) is -0.0250. The van der Waals surface area contributed by atoms with E-state index in [-0.39, 0.29) is 5.91 Å². The van der Waals surface area contributed by atoms with Crippen LogP contribution < -0.4 is 11.1 Å². The molecule has 1 aliphatic carbocycles. The molecule has 3 nitrogen and oxygen atoms in total. The molecule has 1 aromatic carbocycles. The molecule has 0 radical (unpaired) electrons. The average Bonchev–Trinajstić information content (AvgIpc) is 2.94. The second-order valence-corrected chi connectivity index (χ2v) is 4.83. The summed E-state index contributed by atoms with van der Waals surface area (Å²) in [7, 11) is 0. The molecule has 3 N–H and O–H groups in total. The number of rotatable bonds is 2.